The summed E-state index contributed by atoms with van der Waals surface area (Å²) >= 11 is 3.72. The standard InChI is InChI=1S/C22H22OS/c1-22(2,3)17-11-9-16(10-12-17)20-19(23)14-13-18(21(20)24)15-7-5-4-6-8-15/h4-14,23-24H,1-3H3. The lowest BCUT2D eigenvalue weighted by Gasteiger charge is -2.20. The van der Waals surface area contributed by atoms with Gasteiger partial charge in [-0.1, -0.05) is 87.2 Å². The molecule has 3 aromatic rings. The van der Waals surface area contributed by atoms with Gasteiger partial charge in [0.25, 0.3) is 0 Å². The van der Waals surface area contributed by atoms with E-state index in [1.807, 2.05) is 36.4 Å². The molecule has 0 aliphatic heterocycles. The third-order valence-electron chi connectivity index (χ3n) is 4.29. The van der Waals surface area contributed by atoms with Crippen LogP contribution < -0.4 is 5.11 Å². The van der Waals surface area contributed by atoms with E-state index in [-0.39, 0.29) is 11.2 Å². The van der Waals surface area contributed by atoms with E-state index in [0.717, 1.165) is 21.6 Å². The van der Waals surface area contributed by atoms with Crippen molar-refractivity contribution in [2.75, 3.05) is 0 Å². The van der Waals surface area contributed by atoms with Crippen molar-refractivity contribution < 1.29 is 5.11 Å². The van der Waals surface area contributed by atoms with Crippen molar-refractivity contribution in [3.63, 3.8) is 0 Å². The summed E-state index contributed by atoms with van der Waals surface area (Å²) in [7, 11) is 0. The molecule has 24 heavy (non-hydrogen) atoms. The summed E-state index contributed by atoms with van der Waals surface area (Å²) in [5.74, 6) is 0.0307. The van der Waals surface area contributed by atoms with Crippen LogP contribution in [0.3, 0.4) is 0 Å². The van der Waals surface area contributed by atoms with E-state index in [0.29, 0.717) is 5.56 Å². The second-order valence-corrected chi connectivity index (χ2v) is 7.55. The van der Waals surface area contributed by atoms with Crippen LogP contribution in [-0.2, 0) is 18.0 Å². The summed E-state index contributed by atoms with van der Waals surface area (Å²) in [5.41, 5.74) is 5.14. The molecule has 0 N–H and O–H groups in total. The highest BCUT2D eigenvalue weighted by Crippen LogP contribution is 2.38. The highest BCUT2D eigenvalue weighted by molar-refractivity contribution is 7.59. The van der Waals surface area contributed by atoms with Crippen LogP contribution >= 0.6 is 0 Å². The Balaban J connectivity index is 2.11. The number of hydrogen-bond acceptors (Lipinski definition) is 1. The fourth-order valence-corrected chi connectivity index (χ4v) is 3.36. The van der Waals surface area contributed by atoms with Gasteiger partial charge in [-0.2, -0.15) is 0 Å². The van der Waals surface area contributed by atoms with Gasteiger partial charge in [-0.25, -0.2) is 0 Å². The van der Waals surface area contributed by atoms with Crippen LogP contribution in [0.1, 0.15) is 26.3 Å². The molecular formula is C22H22OS. The van der Waals surface area contributed by atoms with Crippen molar-refractivity contribution in [2.45, 2.75) is 31.1 Å². The lowest BCUT2D eigenvalue weighted by molar-refractivity contribution is -0.267. The molecule has 0 bridgehead atoms. The zero-order valence-electron chi connectivity index (χ0n) is 14.3. The van der Waals surface area contributed by atoms with Crippen molar-refractivity contribution in [1.29, 1.82) is 0 Å². The summed E-state index contributed by atoms with van der Waals surface area (Å²) in [4.78, 5) is 0.845. The number of rotatable bonds is 2. The van der Waals surface area contributed by atoms with Crippen LogP contribution in [0.25, 0.3) is 22.3 Å². The molecule has 0 saturated heterocycles. The first-order valence-corrected chi connectivity index (χ1v) is 8.60. The fraction of sp³-hybridized carbons (Fsp3) is 0.182. The summed E-state index contributed by atoms with van der Waals surface area (Å²) in [6.07, 6.45) is 0. The van der Waals surface area contributed by atoms with Gasteiger partial charge in [-0.3, -0.25) is 0 Å². The van der Waals surface area contributed by atoms with Gasteiger partial charge < -0.3 is 5.11 Å². The van der Waals surface area contributed by atoms with Crippen LogP contribution in [0.2, 0.25) is 0 Å². The smallest absolute Gasteiger partial charge is 0.165 e. The molecule has 0 fully saturated rings. The second-order valence-electron chi connectivity index (χ2n) is 7.05. The molecule has 0 aliphatic carbocycles. The molecule has 0 radical (unpaired) electrons. The molecule has 0 amide bonds. The average Bonchev–Trinajstić information content (AvgIpc) is 2.55. The molecular weight excluding hydrogens is 312 g/mol. The first kappa shape index (κ1) is 16.7. The van der Waals surface area contributed by atoms with Crippen molar-refractivity contribution in [2.24, 2.45) is 0 Å². The van der Waals surface area contributed by atoms with E-state index in [9.17, 15) is 5.11 Å². The summed E-state index contributed by atoms with van der Waals surface area (Å²) < 4.78 is 0. The highest BCUT2D eigenvalue weighted by atomic mass is 32.1. The van der Waals surface area contributed by atoms with Crippen LogP contribution in [-0.4, -0.2) is 0 Å². The molecule has 122 valence electrons. The van der Waals surface area contributed by atoms with Crippen LogP contribution in [0.15, 0.2) is 71.6 Å². The van der Waals surface area contributed by atoms with Crippen molar-refractivity contribution in [3.05, 3.63) is 72.3 Å². The fourth-order valence-electron chi connectivity index (χ4n) is 2.87. The highest BCUT2D eigenvalue weighted by Gasteiger charge is 2.17. The lowest BCUT2D eigenvalue weighted by atomic mass is 9.86. The minimum atomic E-state index is 0.0307. The van der Waals surface area contributed by atoms with E-state index in [1.54, 1.807) is 6.07 Å². The molecule has 0 aromatic heterocycles. The van der Waals surface area contributed by atoms with Crippen molar-refractivity contribution in [1.82, 2.24) is 0 Å². The van der Waals surface area contributed by atoms with Gasteiger partial charge in [-0.15, -0.1) is 0 Å². The Hall–Kier alpha value is -2.19. The van der Waals surface area contributed by atoms with Crippen molar-refractivity contribution >= 4 is 12.6 Å². The quantitative estimate of drug-likeness (QED) is 0.620. The minimum absolute atomic E-state index is 0.0307. The second kappa shape index (κ2) is 6.37. The first-order valence-electron chi connectivity index (χ1n) is 8.10. The largest absolute Gasteiger partial charge is 0.872 e. The molecule has 0 heterocycles. The normalized spacial score (nSPS) is 11.5. The topological polar surface area (TPSA) is 23.1 Å². The Morgan fingerprint density at radius 3 is 1.96 bits per heavy atom. The van der Waals surface area contributed by atoms with Gasteiger partial charge in [0.2, 0.25) is 0 Å². The average molecular weight is 334 g/mol. The molecule has 3 rings (SSSR count). The third-order valence-corrected chi connectivity index (χ3v) is 4.81. The molecule has 3 aromatic carbocycles. The molecule has 0 atom stereocenters. The molecule has 0 spiro atoms. The molecule has 0 saturated carbocycles. The Morgan fingerprint density at radius 2 is 1.38 bits per heavy atom. The molecule has 2 heteroatoms. The van der Waals surface area contributed by atoms with Gasteiger partial charge in [0.15, 0.2) is 4.90 Å². The van der Waals surface area contributed by atoms with Gasteiger partial charge in [0, 0.05) is 11.1 Å². The maximum absolute atomic E-state index is 12.5. The van der Waals surface area contributed by atoms with E-state index in [2.05, 4.69) is 57.7 Å². The van der Waals surface area contributed by atoms with E-state index >= 15 is 0 Å². The third kappa shape index (κ3) is 3.20. The minimum Gasteiger partial charge on any atom is -0.872 e. The monoisotopic (exact) mass is 334 g/mol. The first-order chi connectivity index (χ1) is 11.4. The molecule has 0 unspecified atom stereocenters. The van der Waals surface area contributed by atoms with Gasteiger partial charge in [-0.05, 0) is 40.8 Å². The van der Waals surface area contributed by atoms with Gasteiger partial charge in [0.1, 0.15) is 0 Å². The maximum atomic E-state index is 12.5. The van der Waals surface area contributed by atoms with E-state index in [1.165, 1.54) is 5.56 Å². The van der Waals surface area contributed by atoms with Gasteiger partial charge in [0.05, 0.1) is 0 Å². The Morgan fingerprint density at radius 1 is 0.750 bits per heavy atom. The van der Waals surface area contributed by atoms with Crippen LogP contribution in [0.4, 0.5) is 0 Å². The Kier molecular flexibility index (Phi) is 4.42. The Bertz CT molecular complexity index is 844. The number of benzene rings is 3. The van der Waals surface area contributed by atoms with E-state index < -0.39 is 0 Å². The maximum Gasteiger partial charge on any atom is 0.165 e. The molecule has 1 nitrogen and oxygen atoms in total. The van der Waals surface area contributed by atoms with Crippen LogP contribution in [0, 0.1) is 0 Å². The number of hydrogen-bond donors (Lipinski definition) is 0. The SMILES string of the molecule is CC(C)(C)c1ccc(-c2c([O-])ccc(-c3ccccc3)c2[SH2+])cc1. The zero-order valence-corrected chi connectivity index (χ0v) is 15.3. The summed E-state index contributed by atoms with van der Waals surface area (Å²) in [5, 5.41) is 12.5. The predicted octanol–water partition coefficient (Wildman–Crippen LogP) is 4.76. The summed E-state index contributed by atoms with van der Waals surface area (Å²) in [6.45, 7) is 6.56. The van der Waals surface area contributed by atoms with Crippen LogP contribution in [0.5, 0.6) is 5.75 Å². The Labute approximate surface area is 149 Å². The van der Waals surface area contributed by atoms with Crippen molar-refractivity contribution in [3.8, 4) is 28.0 Å². The predicted molar refractivity (Wildman–Crippen MR) is 104 cm³/mol. The van der Waals surface area contributed by atoms with Gasteiger partial charge >= 0.3 is 0 Å². The zero-order chi connectivity index (χ0) is 17.3. The van der Waals surface area contributed by atoms with E-state index in [4.69, 9.17) is 0 Å². The lowest BCUT2D eigenvalue weighted by Crippen LogP contribution is -2.10. The molecule has 0 aliphatic rings. The summed E-state index contributed by atoms with van der Waals surface area (Å²) in [6, 6.07) is 21.9.